The number of nitrogens with one attached hydrogen (secondary N) is 1. The predicted octanol–water partition coefficient (Wildman–Crippen LogP) is 6.99. The minimum Gasteiger partial charge on any atom is -0.496 e. The third kappa shape index (κ3) is 4.40. The van der Waals surface area contributed by atoms with E-state index < -0.39 is 5.97 Å². The molecule has 3 heterocycles. The molecule has 0 amide bonds. The second kappa shape index (κ2) is 9.27. The minimum atomic E-state index is -0.491. The maximum Gasteiger partial charge on any atom is 0.345 e. The fourth-order valence-corrected chi connectivity index (χ4v) is 5.41. The van der Waals surface area contributed by atoms with Gasteiger partial charge in [0.2, 0.25) is 0 Å². The summed E-state index contributed by atoms with van der Waals surface area (Å²) in [6, 6.07) is 17.8. The molecule has 0 fully saturated rings. The second-order valence-electron chi connectivity index (χ2n) is 10.4. The van der Waals surface area contributed by atoms with Gasteiger partial charge in [-0.2, -0.15) is 0 Å². The third-order valence-corrected chi connectivity index (χ3v) is 7.16. The molecule has 4 aromatic rings. The summed E-state index contributed by atoms with van der Waals surface area (Å²) in [6.45, 7) is 6.83. The Balaban J connectivity index is 1.43. The lowest BCUT2D eigenvalue weighted by molar-refractivity contribution is 0.0734. The number of nitrogens with zero attached hydrogens (tertiary/aromatic N) is 2. The van der Waals surface area contributed by atoms with E-state index in [0.29, 0.717) is 23.6 Å². The highest BCUT2D eigenvalue weighted by Crippen LogP contribution is 2.50. The third-order valence-electron chi connectivity index (χ3n) is 7.16. The Hall–Kier alpha value is -4.65. The summed E-state index contributed by atoms with van der Waals surface area (Å²) < 4.78 is 25.7. The van der Waals surface area contributed by atoms with Crippen LogP contribution >= 0.6 is 0 Å². The van der Waals surface area contributed by atoms with Gasteiger partial charge in [-0.1, -0.05) is 12.1 Å². The molecule has 0 atom stereocenters. The largest absolute Gasteiger partial charge is 0.496 e. The number of ether oxygens (including phenoxy) is 2. The molecule has 0 spiro atoms. The van der Waals surface area contributed by atoms with Crippen LogP contribution in [-0.4, -0.2) is 23.6 Å². The molecule has 7 heteroatoms. The first-order valence-corrected chi connectivity index (χ1v) is 12.8. The van der Waals surface area contributed by atoms with E-state index in [0.717, 1.165) is 44.9 Å². The van der Waals surface area contributed by atoms with Crippen molar-refractivity contribution in [3.05, 3.63) is 107 Å². The van der Waals surface area contributed by atoms with Crippen molar-refractivity contribution in [2.45, 2.75) is 32.9 Å². The van der Waals surface area contributed by atoms with Crippen LogP contribution in [0.2, 0.25) is 0 Å². The molecule has 0 saturated heterocycles. The van der Waals surface area contributed by atoms with Crippen molar-refractivity contribution in [1.82, 2.24) is 4.98 Å². The van der Waals surface area contributed by atoms with E-state index in [-0.39, 0.29) is 11.4 Å². The molecule has 1 N–H and O–H groups in total. The zero-order chi connectivity index (χ0) is 27.3. The van der Waals surface area contributed by atoms with Gasteiger partial charge in [-0.25, -0.2) is 9.18 Å². The topological polar surface area (TPSA) is 63.7 Å². The van der Waals surface area contributed by atoms with Crippen molar-refractivity contribution in [1.29, 1.82) is 0 Å². The van der Waals surface area contributed by atoms with Gasteiger partial charge in [-0.05, 0) is 86.0 Å². The van der Waals surface area contributed by atoms with E-state index in [1.807, 2.05) is 19.1 Å². The fraction of sp³-hybridized carbons (Fsp3) is 0.188. The summed E-state index contributed by atoms with van der Waals surface area (Å²) in [5, 5.41) is 3.63. The van der Waals surface area contributed by atoms with E-state index in [9.17, 15) is 9.18 Å². The van der Waals surface area contributed by atoms with Gasteiger partial charge in [-0.15, -0.1) is 0 Å². The molecule has 196 valence electrons. The van der Waals surface area contributed by atoms with Gasteiger partial charge in [0.1, 0.15) is 17.3 Å². The van der Waals surface area contributed by atoms with Crippen LogP contribution in [0.3, 0.4) is 0 Å². The van der Waals surface area contributed by atoms with E-state index in [4.69, 9.17) is 9.47 Å². The average molecular weight is 522 g/mol. The molecule has 2 aliphatic rings. The molecular formula is C32H28FN3O3. The molecule has 0 bridgehead atoms. The van der Waals surface area contributed by atoms with Crippen molar-refractivity contribution < 1.29 is 18.7 Å². The van der Waals surface area contributed by atoms with Gasteiger partial charge in [0.25, 0.3) is 0 Å². The SMILES string of the molecule is COc1cc(OC(=O)c2cccnc2)ccc1-c1ccc2c3c1CN(c1cc(F)ccc1C)C3=CC(C)(C)N2. The van der Waals surface area contributed by atoms with E-state index >= 15 is 0 Å². The zero-order valence-corrected chi connectivity index (χ0v) is 22.2. The fourth-order valence-electron chi connectivity index (χ4n) is 5.41. The number of anilines is 2. The molecule has 3 aromatic carbocycles. The van der Waals surface area contributed by atoms with Gasteiger partial charge >= 0.3 is 5.97 Å². The van der Waals surface area contributed by atoms with Crippen LogP contribution < -0.4 is 19.7 Å². The van der Waals surface area contributed by atoms with Gasteiger partial charge in [0.05, 0.1) is 18.2 Å². The number of aromatic nitrogens is 1. The first-order chi connectivity index (χ1) is 18.7. The van der Waals surface area contributed by atoms with Crippen molar-refractivity contribution in [3.8, 4) is 22.6 Å². The lowest BCUT2D eigenvalue weighted by Crippen LogP contribution is -2.33. The number of hydrogen-bond donors (Lipinski definition) is 1. The molecule has 39 heavy (non-hydrogen) atoms. The van der Waals surface area contributed by atoms with Gasteiger partial charge in [-0.3, -0.25) is 4.98 Å². The number of carbonyl (C=O) groups is 1. The highest BCUT2D eigenvalue weighted by atomic mass is 19.1. The first-order valence-electron chi connectivity index (χ1n) is 12.8. The first kappa shape index (κ1) is 24.7. The molecular weight excluding hydrogens is 493 g/mol. The van der Waals surface area contributed by atoms with Crippen LogP contribution in [0.4, 0.5) is 15.8 Å². The lowest BCUT2D eigenvalue weighted by atomic mass is 9.89. The molecule has 0 aliphatic carbocycles. The summed E-state index contributed by atoms with van der Waals surface area (Å²) in [5.41, 5.74) is 8.12. The number of hydrogen-bond acceptors (Lipinski definition) is 6. The standard InChI is InChI=1S/C32H28FN3O3/c1-19-7-8-21(33)14-27(19)36-18-25-23(11-12-26-30(25)28(36)16-32(2,3)35-26)24-10-9-22(15-29(24)38-4)39-31(37)20-6-5-13-34-17-20/h5-17,35H,18H2,1-4H3. The maximum atomic E-state index is 14.4. The Morgan fingerprint density at radius 3 is 2.67 bits per heavy atom. The summed E-state index contributed by atoms with van der Waals surface area (Å²) in [5.74, 6) is 0.200. The zero-order valence-electron chi connectivity index (χ0n) is 22.2. The number of pyridine rings is 1. The van der Waals surface area contributed by atoms with E-state index in [1.165, 1.54) is 12.3 Å². The molecule has 2 aliphatic heterocycles. The van der Waals surface area contributed by atoms with Crippen LogP contribution in [0.25, 0.3) is 16.8 Å². The molecule has 0 unspecified atom stereocenters. The van der Waals surface area contributed by atoms with Gasteiger partial charge in [0, 0.05) is 53.2 Å². The molecule has 0 radical (unpaired) electrons. The normalized spacial score (nSPS) is 14.8. The van der Waals surface area contributed by atoms with E-state index in [2.05, 4.69) is 47.3 Å². The quantitative estimate of drug-likeness (QED) is 0.226. The number of esters is 1. The summed E-state index contributed by atoms with van der Waals surface area (Å²) in [4.78, 5) is 18.7. The molecule has 1 aromatic heterocycles. The Labute approximate surface area is 226 Å². The highest BCUT2D eigenvalue weighted by molar-refractivity contribution is 5.98. The summed E-state index contributed by atoms with van der Waals surface area (Å²) in [7, 11) is 1.60. The average Bonchev–Trinajstić information content (AvgIpc) is 3.29. The minimum absolute atomic E-state index is 0.265. The van der Waals surface area contributed by atoms with E-state index in [1.54, 1.807) is 43.6 Å². The maximum absolute atomic E-state index is 14.4. The number of benzene rings is 3. The highest BCUT2D eigenvalue weighted by Gasteiger charge is 2.37. The van der Waals surface area contributed by atoms with Gasteiger partial charge in [0.15, 0.2) is 0 Å². The summed E-state index contributed by atoms with van der Waals surface area (Å²) in [6.07, 6.45) is 5.28. The number of carbonyl (C=O) groups excluding carboxylic acids is 1. The van der Waals surface area contributed by atoms with Crippen molar-refractivity contribution >= 4 is 23.0 Å². The van der Waals surface area contributed by atoms with Crippen molar-refractivity contribution in [2.75, 3.05) is 17.3 Å². The number of rotatable bonds is 5. The molecule has 6 nitrogen and oxygen atoms in total. The number of halogens is 1. The summed E-state index contributed by atoms with van der Waals surface area (Å²) >= 11 is 0. The predicted molar refractivity (Wildman–Crippen MR) is 151 cm³/mol. The van der Waals surface area contributed by atoms with Crippen LogP contribution in [0.5, 0.6) is 11.5 Å². The number of methoxy groups -OCH3 is 1. The van der Waals surface area contributed by atoms with Crippen LogP contribution in [0, 0.1) is 12.7 Å². The Bertz CT molecular complexity index is 1650. The molecule has 6 rings (SSSR count). The second-order valence-corrected chi connectivity index (χ2v) is 10.4. The Kier molecular flexibility index (Phi) is 5.87. The van der Waals surface area contributed by atoms with Crippen molar-refractivity contribution in [2.24, 2.45) is 0 Å². The van der Waals surface area contributed by atoms with Crippen LogP contribution in [0.1, 0.15) is 40.9 Å². The number of aryl methyl sites for hydroxylation is 1. The Morgan fingerprint density at radius 1 is 1.08 bits per heavy atom. The smallest absolute Gasteiger partial charge is 0.345 e. The Morgan fingerprint density at radius 2 is 1.90 bits per heavy atom. The monoisotopic (exact) mass is 521 g/mol. The van der Waals surface area contributed by atoms with Crippen LogP contribution in [-0.2, 0) is 6.54 Å². The van der Waals surface area contributed by atoms with Crippen LogP contribution in [0.15, 0.2) is 79.1 Å². The van der Waals surface area contributed by atoms with Crippen molar-refractivity contribution in [3.63, 3.8) is 0 Å². The lowest BCUT2D eigenvalue weighted by Gasteiger charge is -2.33. The molecule has 0 saturated carbocycles. The van der Waals surface area contributed by atoms with Gasteiger partial charge < -0.3 is 19.7 Å².